The third-order valence-electron chi connectivity index (χ3n) is 4.24. The monoisotopic (exact) mass is 291 g/mol. The van der Waals surface area contributed by atoms with Gasteiger partial charge in [0, 0.05) is 31.7 Å². The Balaban J connectivity index is 1.98. The van der Waals surface area contributed by atoms with Crippen LogP contribution in [0.1, 0.15) is 36.5 Å². The van der Waals surface area contributed by atoms with E-state index in [1.54, 1.807) is 17.0 Å². The topological polar surface area (TPSA) is 69.8 Å². The standard InChI is InChI=1S/C16H25N3O2/c1-3-8-19-9-6-13(7-10-19)18(2)16(21)12-4-5-14(17)15(20)11-12/h4-5,11,13,20H,3,6-10,17H2,1-2H3. The van der Waals surface area contributed by atoms with Gasteiger partial charge in [-0.3, -0.25) is 4.79 Å². The van der Waals surface area contributed by atoms with E-state index in [0.717, 1.165) is 32.5 Å². The Kier molecular flexibility index (Phi) is 5.07. The first kappa shape index (κ1) is 15.6. The van der Waals surface area contributed by atoms with E-state index in [-0.39, 0.29) is 17.7 Å². The summed E-state index contributed by atoms with van der Waals surface area (Å²) in [6, 6.07) is 4.95. The minimum absolute atomic E-state index is 0.0352. The van der Waals surface area contributed by atoms with Crippen molar-refractivity contribution in [3.8, 4) is 5.75 Å². The van der Waals surface area contributed by atoms with Crippen molar-refractivity contribution in [1.82, 2.24) is 9.80 Å². The van der Waals surface area contributed by atoms with Gasteiger partial charge in [0.25, 0.3) is 5.91 Å². The number of carbonyl (C=O) groups is 1. The number of rotatable bonds is 4. The smallest absolute Gasteiger partial charge is 0.253 e. The fraction of sp³-hybridized carbons (Fsp3) is 0.562. The molecular weight excluding hydrogens is 266 g/mol. The minimum atomic E-state index is -0.0563. The predicted molar refractivity (Wildman–Crippen MR) is 84.4 cm³/mol. The lowest BCUT2D eigenvalue weighted by atomic mass is 10.0. The zero-order chi connectivity index (χ0) is 15.4. The van der Waals surface area contributed by atoms with Crippen molar-refractivity contribution in [2.24, 2.45) is 0 Å². The maximum absolute atomic E-state index is 12.5. The van der Waals surface area contributed by atoms with Crippen LogP contribution in [0.2, 0.25) is 0 Å². The van der Waals surface area contributed by atoms with Crippen LogP contribution < -0.4 is 5.73 Å². The lowest BCUT2D eigenvalue weighted by molar-refractivity contribution is 0.0642. The number of anilines is 1. The van der Waals surface area contributed by atoms with Gasteiger partial charge in [-0.15, -0.1) is 0 Å². The number of phenolic OH excluding ortho intramolecular Hbond substituents is 1. The molecule has 0 bridgehead atoms. The SMILES string of the molecule is CCCN1CCC(N(C)C(=O)c2ccc(N)c(O)c2)CC1. The molecule has 1 heterocycles. The first-order valence-corrected chi connectivity index (χ1v) is 7.61. The average Bonchev–Trinajstić information content (AvgIpc) is 2.50. The summed E-state index contributed by atoms with van der Waals surface area (Å²) in [6.45, 7) is 5.41. The van der Waals surface area contributed by atoms with Crippen LogP contribution in [0.5, 0.6) is 5.75 Å². The Morgan fingerprint density at radius 1 is 1.43 bits per heavy atom. The molecule has 1 aromatic carbocycles. The van der Waals surface area contributed by atoms with Gasteiger partial charge in [-0.1, -0.05) is 6.92 Å². The zero-order valence-electron chi connectivity index (χ0n) is 12.9. The third-order valence-corrected chi connectivity index (χ3v) is 4.24. The maximum atomic E-state index is 12.5. The molecule has 1 fully saturated rings. The van der Waals surface area contributed by atoms with Crippen LogP contribution in [0.3, 0.4) is 0 Å². The van der Waals surface area contributed by atoms with Crippen LogP contribution in [-0.4, -0.2) is 53.5 Å². The highest BCUT2D eigenvalue weighted by molar-refractivity contribution is 5.95. The van der Waals surface area contributed by atoms with Crippen LogP contribution in [0.15, 0.2) is 18.2 Å². The number of hydrogen-bond acceptors (Lipinski definition) is 4. The highest BCUT2D eigenvalue weighted by atomic mass is 16.3. The summed E-state index contributed by atoms with van der Waals surface area (Å²) in [5.74, 6) is -0.0914. The number of nitrogen functional groups attached to an aromatic ring is 1. The van der Waals surface area contributed by atoms with Crippen molar-refractivity contribution in [2.75, 3.05) is 32.4 Å². The number of carbonyl (C=O) groups excluding carboxylic acids is 1. The second-order valence-corrected chi connectivity index (χ2v) is 5.76. The molecule has 21 heavy (non-hydrogen) atoms. The number of aromatic hydroxyl groups is 1. The summed E-state index contributed by atoms with van der Waals surface area (Å²) in [4.78, 5) is 16.7. The Bertz CT molecular complexity index is 496. The largest absolute Gasteiger partial charge is 0.506 e. The lowest BCUT2D eigenvalue weighted by Crippen LogP contribution is -2.45. The normalized spacial score (nSPS) is 16.9. The molecule has 0 radical (unpaired) electrons. The first-order valence-electron chi connectivity index (χ1n) is 7.61. The molecule has 5 nitrogen and oxygen atoms in total. The van der Waals surface area contributed by atoms with E-state index in [9.17, 15) is 9.90 Å². The molecule has 1 aliphatic rings. The number of phenols is 1. The number of amides is 1. The molecular formula is C16H25N3O2. The molecule has 2 rings (SSSR count). The van der Waals surface area contributed by atoms with Gasteiger partial charge in [-0.25, -0.2) is 0 Å². The van der Waals surface area contributed by atoms with Gasteiger partial charge in [0.2, 0.25) is 0 Å². The number of nitrogens with zero attached hydrogens (tertiary/aromatic N) is 2. The average molecular weight is 291 g/mol. The molecule has 1 saturated heterocycles. The summed E-state index contributed by atoms with van der Waals surface area (Å²) in [7, 11) is 1.84. The van der Waals surface area contributed by atoms with E-state index in [4.69, 9.17) is 5.73 Å². The summed E-state index contributed by atoms with van der Waals surface area (Å²) in [5.41, 5.74) is 6.35. The highest BCUT2D eigenvalue weighted by Gasteiger charge is 2.25. The van der Waals surface area contributed by atoms with Crippen molar-refractivity contribution in [3.05, 3.63) is 23.8 Å². The highest BCUT2D eigenvalue weighted by Crippen LogP contribution is 2.23. The van der Waals surface area contributed by atoms with Gasteiger partial charge in [-0.05, 0) is 44.0 Å². The first-order chi connectivity index (χ1) is 10.0. The quantitative estimate of drug-likeness (QED) is 0.657. The van der Waals surface area contributed by atoms with Crippen LogP contribution >= 0.6 is 0 Å². The number of hydrogen-bond donors (Lipinski definition) is 2. The van der Waals surface area contributed by atoms with Crippen LogP contribution in [-0.2, 0) is 0 Å². The lowest BCUT2D eigenvalue weighted by Gasteiger charge is -2.36. The van der Waals surface area contributed by atoms with Gasteiger partial charge >= 0.3 is 0 Å². The van der Waals surface area contributed by atoms with E-state index in [2.05, 4.69) is 11.8 Å². The Labute approximate surface area is 126 Å². The molecule has 0 aliphatic carbocycles. The van der Waals surface area contributed by atoms with Crippen LogP contribution in [0.4, 0.5) is 5.69 Å². The fourth-order valence-corrected chi connectivity index (χ4v) is 2.89. The van der Waals surface area contributed by atoms with E-state index >= 15 is 0 Å². The molecule has 0 atom stereocenters. The van der Waals surface area contributed by atoms with Gasteiger partial charge in [-0.2, -0.15) is 0 Å². The van der Waals surface area contributed by atoms with Gasteiger partial charge in [0.05, 0.1) is 5.69 Å². The van der Waals surface area contributed by atoms with Crippen molar-refractivity contribution in [3.63, 3.8) is 0 Å². The molecule has 0 aromatic heterocycles. The molecule has 1 amide bonds. The van der Waals surface area contributed by atoms with E-state index in [1.807, 2.05) is 7.05 Å². The van der Waals surface area contributed by atoms with E-state index < -0.39 is 0 Å². The fourth-order valence-electron chi connectivity index (χ4n) is 2.89. The second kappa shape index (κ2) is 6.80. The summed E-state index contributed by atoms with van der Waals surface area (Å²) in [6.07, 6.45) is 3.18. The van der Waals surface area contributed by atoms with Crippen LogP contribution in [0, 0.1) is 0 Å². The maximum Gasteiger partial charge on any atom is 0.253 e. The van der Waals surface area contributed by atoms with Crippen molar-refractivity contribution >= 4 is 11.6 Å². The minimum Gasteiger partial charge on any atom is -0.506 e. The molecule has 0 unspecified atom stereocenters. The van der Waals surface area contributed by atoms with E-state index in [0.29, 0.717) is 11.3 Å². The summed E-state index contributed by atoms with van der Waals surface area (Å²) < 4.78 is 0. The van der Waals surface area contributed by atoms with Crippen molar-refractivity contribution in [1.29, 1.82) is 0 Å². The van der Waals surface area contributed by atoms with E-state index in [1.165, 1.54) is 12.5 Å². The third kappa shape index (κ3) is 3.67. The molecule has 3 N–H and O–H groups in total. The number of likely N-dealkylation sites (tertiary alicyclic amines) is 1. The Morgan fingerprint density at radius 3 is 2.67 bits per heavy atom. The van der Waals surface area contributed by atoms with Gasteiger partial charge in [0.15, 0.2) is 0 Å². The van der Waals surface area contributed by atoms with Crippen molar-refractivity contribution in [2.45, 2.75) is 32.2 Å². The number of benzene rings is 1. The molecule has 1 aromatic rings. The second-order valence-electron chi connectivity index (χ2n) is 5.76. The summed E-state index contributed by atoms with van der Waals surface area (Å²) in [5, 5.41) is 9.63. The number of nitrogens with two attached hydrogens (primary N) is 1. The molecule has 1 aliphatic heterocycles. The molecule has 5 heteroatoms. The van der Waals surface area contributed by atoms with Gasteiger partial charge < -0.3 is 20.6 Å². The molecule has 0 saturated carbocycles. The van der Waals surface area contributed by atoms with Gasteiger partial charge in [0.1, 0.15) is 5.75 Å². The molecule has 116 valence electrons. The predicted octanol–water partition coefficient (Wildman–Crippen LogP) is 1.92. The van der Waals surface area contributed by atoms with Crippen molar-refractivity contribution < 1.29 is 9.90 Å². The van der Waals surface area contributed by atoms with Crippen LogP contribution in [0.25, 0.3) is 0 Å². The number of piperidine rings is 1. The Morgan fingerprint density at radius 2 is 2.10 bits per heavy atom. The molecule has 0 spiro atoms. The zero-order valence-corrected chi connectivity index (χ0v) is 12.9. The Hall–Kier alpha value is -1.75. The summed E-state index contributed by atoms with van der Waals surface area (Å²) >= 11 is 0.